The monoisotopic (exact) mass is 354 g/mol. The summed E-state index contributed by atoms with van der Waals surface area (Å²) in [7, 11) is 0. The summed E-state index contributed by atoms with van der Waals surface area (Å²) in [5.41, 5.74) is 6.32. The van der Waals surface area contributed by atoms with Crippen molar-refractivity contribution >= 4 is 22.4 Å². The van der Waals surface area contributed by atoms with Gasteiger partial charge < -0.3 is 20.5 Å². The molecule has 8 heteroatoms. The van der Waals surface area contributed by atoms with Gasteiger partial charge in [-0.2, -0.15) is 0 Å². The van der Waals surface area contributed by atoms with Crippen LogP contribution < -0.4 is 11.1 Å². The molecule has 0 spiro atoms. The zero-order chi connectivity index (χ0) is 17.2. The number of rotatable bonds is 4. The number of nitrogens with zero attached hydrogens (tertiary/aromatic N) is 2. The van der Waals surface area contributed by atoms with Gasteiger partial charge in [-0.3, -0.25) is 9.69 Å². The summed E-state index contributed by atoms with van der Waals surface area (Å²) in [6.45, 7) is 7.80. The summed E-state index contributed by atoms with van der Waals surface area (Å²) in [6.07, 6.45) is 1.55. The standard InChI is InChI=1S/C16H26N4O3S/c1-11-7-20(8-12(2)23-11)9-13-10-24-15(18-13)19-14(21)16(17)3-5-22-6-4-16/h10-12H,3-9,17H2,1-2H3,(H,18,19,21). The van der Waals surface area contributed by atoms with Crippen LogP contribution in [0.1, 0.15) is 32.4 Å². The highest BCUT2D eigenvalue weighted by atomic mass is 32.1. The molecule has 0 saturated carbocycles. The molecule has 3 heterocycles. The number of nitrogens with two attached hydrogens (primary N) is 1. The van der Waals surface area contributed by atoms with Gasteiger partial charge in [0.1, 0.15) is 5.54 Å². The number of ether oxygens (including phenoxy) is 2. The first kappa shape index (κ1) is 17.8. The van der Waals surface area contributed by atoms with Crippen molar-refractivity contribution in [3.8, 4) is 0 Å². The number of carbonyl (C=O) groups is 1. The Morgan fingerprint density at radius 1 is 1.42 bits per heavy atom. The third kappa shape index (κ3) is 4.31. The highest BCUT2D eigenvalue weighted by Gasteiger charge is 2.36. The second-order valence-corrected chi connectivity index (χ2v) is 7.68. The van der Waals surface area contributed by atoms with E-state index in [1.165, 1.54) is 11.3 Å². The van der Waals surface area contributed by atoms with Crippen molar-refractivity contribution in [2.45, 2.75) is 51.0 Å². The van der Waals surface area contributed by atoms with Crippen LogP contribution in [0, 0.1) is 0 Å². The predicted molar refractivity (Wildman–Crippen MR) is 93.0 cm³/mol. The molecule has 2 aliphatic heterocycles. The molecule has 0 radical (unpaired) electrons. The number of hydrogen-bond donors (Lipinski definition) is 2. The average molecular weight is 354 g/mol. The minimum absolute atomic E-state index is 0.166. The van der Waals surface area contributed by atoms with Gasteiger partial charge in [0.05, 0.1) is 17.9 Å². The fraction of sp³-hybridized carbons (Fsp3) is 0.750. The maximum Gasteiger partial charge on any atom is 0.246 e. The smallest absolute Gasteiger partial charge is 0.246 e. The lowest BCUT2D eigenvalue weighted by Crippen LogP contribution is -2.54. The second kappa shape index (κ2) is 7.45. The number of thiazole rings is 1. The Morgan fingerprint density at radius 2 is 2.08 bits per heavy atom. The van der Waals surface area contributed by atoms with E-state index in [1.807, 2.05) is 5.38 Å². The lowest BCUT2D eigenvalue weighted by molar-refractivity contribution is -0.124. The largest absolute Gasteiger partial charge is 0.381 e. The fourth-order valence-corrected chi connectivity index (χ4v) is 3.96. The Bertz CT molecular complexity index is 563. The molecule has 7 nitrogen and oxygen atoms in total. The number of morpholine rings is 1. The molecule has 1 aromatic heterocycles. The van der Waals surface area contributed by atoms with E-state index < -0.39 is 5.54 Å². The minimum atomic E-state index is -0.848. The summed E-state index contributed by atoms with van der Waals surface area (Å²) in [4.78, 5) is 19.3. The topological polar surface area (TPSA) is 89.7 Å². The highest BCUT2D eigenvalue weighted by molar-refractivity contribution is 7.13. The maximum absolute atomic E-state index is 12.4. The highest BCUT2D eigenvalue weighted by Crippen LogP contribution is 2.23. The third-order valence-corrected chi connectivity index (χ3v) is 5.30. The summed E-state index contributed by atoms with van der Waals surface area (Å²) < 4.78 is 11.0. The molecule has 2 saturated heterocycles. The molecule has 2 unspecified atom stereocenters. The van der Waals surface area contributed by atoms with Crippen molar-refractivity contribution in [1.82, 2.24) is 9.88 Å². The Kier molecular flexibility index (Phi) is 5.51. The maximum atomic E-state index is 12.4. The quantitative estimate of drug-likeness (QED) is 0.844. The normalized spacial score (nSPS) is 27.8. The van der Waals surface area contributed by atoms with Gasteiger partial charge >= 0.3 is 0 Å². The van der Waals surface area contributed by atoms with Crippen LogP contribution in [0.5, 0.6) is 0 Å². The Morgan fingerprint density at radius 3 is 2.75 bits per heavy atom. The first-order valence-electron chi connectivity index (χ1n) is 8.45. The molecule has 134 valence electrons. The van der Waals surface area contributed by atoms with Gasteiger partial charge in [0.15, 0.2) is 5.13 Å². The number of anilines is 1. The van der Waals surface area contributed by atoms with E-state index in [0.717, 1.165) is 25.3 Å². The molecule has 24 heavy (non-hydrogen) atoms. The van der Waals surface area contributed by atoms with Crippen LogP contribution in [-0.2, 0) is 20.8 Å². The van der Waals surface area contributed by atoms with E-state index in [-0.39, 0.29) is 18.1 Å². The van der Waals surface area contributed by atoms with Crippen molar-refractivity contribution in [3.05, 3.63) is 11.1 Å². The molecule has 2 fully saturated rings. The number of hydrogen-bond acceptors (Lipinski definition) is 7. The van der Waals surface area contributed by atoms with E-state index >= 15 is 0 Å². The fourth-order valence-electron chi connectivity index (χ4n) is 3.26. The van der Waals surface area contributed by atoms with E-state index in [2.05, 4.69) is 29.0 Å². The molecule has 1 amide bonds. The summed E-state index contributed by atoms with van der Waals surface area (Å²) in [6, 6.07) is 0. The summed E-state index contributed by atoms with van der Waals surface area (Å²) in [5.74, 6) is -0.166. The van der Waals surface area contributed by atoms with Crippen LogP contribution in [0.25, 0.3) is 0 Å². The van der Waals surface area contributed by atoms with E-state index in [4.69, 9.17) is 15.2 Å². The molecule has 2 aliphatic rings. The molecular formula is C16H26N4O3S. The minimum Gasteiger partial charge on any atom is -0.381 e. The second-order valence-electron chi connectivity index (χ2n) is 6.82. The van der Waals surface area contributed by atoms with Crippen molar-refractivity contribution in [1.29, 1.82) is 0 Å². The van der Waals surface area contributed by atoms with Gasteiger partial charge in [-0.1, -0.05) is 0 Å². The van der Waals surface area contributed by atoms with Crippen LogP contribution in [0.4, 0.5) is 5.13 Å². The van der Waals surface area contributed by atoms with Crippen LogP contribution in [0.3, 0.4) is 0 Å². The van der Waals surface area contributed by atoms with Gasteiger partial charge in [-0.05, 0) is 26.7 Å². The Balaban J connectivity index is 1.56. The van der Waals surface area contributed by atoms with Crippen LogP contribution in [0.2, 0.25) is 0 Å². The lowest BCUT2D eigenvalue weighted by Gasteiger charge is -2.34. The van der Waals surface area contributed by atoms with Crippen LogP contribution in [-0.4, -0.2) is 59.8 Å². The van der Waals surface area contributed by atoms with Gasteiger partial charge in [0.25, 0.3) is 0 Å². The van der Waals surface area contributed by atoms with Gasteiger partial charge in [0.2, 0.25) is 5.91 Å². The van der Waals surface area contributed by atoms with Crippen molar-refractivity contribution < 1.29 is 14.3 Å². The van der Waals surface area contributed by atoms with Crippen LogP contribution >= 0.6 is 11.3 Å². The third-order valence-electron chi connectivity index (χ3n) is 4.49. The van der Waals surface area contributed by atoms with E-state index in [9.17, 15) is 4.79 Å². The lowest BCUT2D eigenvalue weighted by atomic mass is 9.90. The number of carbonyl (C=O) groups excluding carboxylic acids is 1. The molecule has 0 aliphatic carbocycles. The van der Waals surface area contributed by atoms with Crippen molar-refractivity contribution in [3.63, 3.8) is 0 Å². The Labute approximate surface area is 146 Å². The molecule has 3 rings (SSSR count). The van der Waals surface area contributed by atoms with E-state index in [0.29, 0.717) is 31.2 Å². The predicted octanol–water partition coefficient (Wildman–Crippen LogP) is 1.20. The molecule has 0 aromatic carbocycles. The number of nitrogens with one attached hydrogen (secondary N) is 1. The van der Waals surface area contributed by atoms with Crippen molar-refractivity contribution in [2.75, 3.05) is 31.6 Å². The van der Waals surface area contributed by atoms with Gasteiger partial charge in [-0.25, -0.2) is 4.98 Å². The SMILES string of the molecule is CC1CN(Cc2csc(NC(=O)C3(N)CCOCC3)n2)CC(C)O1. The molecule has 2 atom stereocenters. The van der Waals surface area contributed by atoms with Crippen molar-refractivity contribution in [2.24, 2.45) is 5.73 Å². The van der Waals surface area contributed by atoms with Gasteiger partial charge in [0, 0.05) is 38.2 Å². The first-order valence-corrected chi connectivity index (χ1v) is 9.33. The number of aromatic nitrogens is 1. The molecule has 1 aromatic rings. The van der Waals surface area contributed by atoms with Gasteiger partial charge in [-0.15, -0.1) is 11.3 Å². The van der Waals surface area contributed by atoms with Crippen LogP contribution in [0.15, 0.2) is 5.38 Å². The molecular weight excluding hydrogens is 328 g/mol. The zero-order valence-electron chi connectivity index (χ0n) is 14.3. The summed E-state index contributed by atoms with van der Waals surface area (Å²) in [5, 5.41) is 5.48. The number of amides is 1. The summed E-state index contributed by atoms with van der Waals surface area (Å²) >= 11 is 1.44. The Hall–Kier alpha value is -1.06. The average Bonchev–Trinajstić information content (AvgIpc) is 2.94. The van der Waals surface area contributed by atoms with E-state index in [1.54, 1.807) is 0 Å². The molecule has 3 N–H and O–H groups in total. The molecule has 0 bridgehead atoms. The zero-order valence-corrected chi connectivity index (χ0v) is 15.1. The first-order chi connectivity index (χ1) is 11.4.